The fraction of sp³-hybridized carbons (Fsp3) is 0.167. The van der Waals surface area contributed by atoms with Crippen molar-refractivity contribution in [2.24, 2.45) is 0 Å². The number of aromatic nitrogens is 3. The highest BCUT2D eigenvalue weighted by Gasteiger charge is 2.12. The van der Waals surface area contributed by atoms with E-state index in [-0.39, 0.29) is 18.1 Å². The molecule has 0 radical (unpaired) electrons. The lowest BCUT2D eigenvalue weighted by molar-refractivity contribution is -0.137. The quantitative estimate of drug-likeness (QED) is 0.871. The summed E-state index contributed by atoms with van der Waals surface area (Å²) < 4.78 is 14.1. The number of carbonyl (C=O) groups is 2. The van der Waals surface area contributed by atoms with Gasteiger partial charge in [-0.3, -0.25) is 9.59 Å². The largest absolute Gasteiger partial charge is 0.480 e. The van der Waals surface area contributed by atoms with E-state index in [1.807, 2.05) is 0 Å². The third-order valence-electron chi connectivity index (χ3n) is 2.48. The molecule has 1 heterocycles. The molecule has 0 aliphatic carbocycles. The van der Waals surface area contributed by atoms with Crippen LogP contribution < -0.4 is 5.32 Å². The van der Waals surface area contributed by atoms with E-state index < -0.39 is 11.9 Å². The number of carboxylic acid groups (broad SMARTS) is 1. The average molecular weight is 278 g/mol. The van der Waals surface area contributed by atoms with E-state index in [4.69, 9.17) is 5.11 Å². The molecule has 0 unspecified atom stereocenters. The third-order valence-corrected chi connectivity index (χ3v) is 2.48. The van der Waals surface area contributed by atoms with Crippen LogP contribution in [-0.4, -0.2) is 32.0 Å². The van der Waals surface area contributed by atoms with Crippen molar-refractivity contribution >= 4 is 17.6 Å². The monoisotopic (exact) mass is 278 g/mol. The molecule has 1 amide bonds. The number of aryl methyl sites for hydroxylation is 1. The van der Waals surface area contributed by atoms with E-state index in [0.717, 1.165) is 4.68 Å². The van der Waals surface area contributed by atoms with E-state index >= 15 is 0 Å². The van der Waals surface area contributed by atoms with Crippen molar-refractivity contribution < 1.29 is 19.1 Å². The summed E-state index contributed by atoms with van der Waals surface area (Å²) in [5.41, 5.74) is 0.798. The summed E-state index contributed by atoms with van der Waals surface area (Å²) in [5, 5.41) is 18.2. The molecule has 20 heavy (non-hydrogen) atoms. The predicted molar refractivity (Wildman–Crippen MR) is 66.7 cm³/mol. The number of hydrogen-bond acceptors (Lipinski definition) is 4. The van der Waals surface area contributed by atoms with Crippen molar-refractivity contribution in [3.05, 3.63) is 41.5 Å². The highest BCUT2D eigenvalue weighted by molar-refractivity contribution is 6.02. The van der Waals surface area contributed by atoms with Gasteiger partial charge in [-0.1, -0.05) is 5.21 Å². The summed E-state index contributed by atoms with van der Waals surface area (Å²) >= 11 is 0. The fourth-order valence-corrected chi connectivity index (χ4v) is 1.54. The zero-order valence-electron chi connectivity index (χ0n) is 10.5. The molecule has 0 bridgehead atoms. The highest BCUT2D eigenvalue weighted by atomic mass is 19.1. The number of halogens is 1. The molecule has 0 fully saturated rings. The minimum Gasteiger partial charge on any atom is -0.480 e. The van der Waals surface area contributed by atoms with E-state index in [0.29, 0.717) is 11.3 Å². The SMILES string of the molecule is Cc1cc(NC(=O)c2cn(CC(=O)O)nn2)ccc1F. The molecule has 0 aliphatic heterocycles. The lowest BCUT2D eigenvalue weighted by atomic mass is 10.2. The first-order valence-electron chi connectivity index (χ1n) is 5.65. The van der Waals surface area contributed by atoms with Crippen LogP contribution in [0, 0.1) is 12.7 Å². The highest BCUT2D eigenvalue weighted by Crippen LogP contribution is 2.14. The Morgan fingerprint density at radius 3 is 2.85 bits per heavy atom. The van der Waals surface area contributed by atoms with Crippen LogP contribution in [0.15, 0.2) is 24.4 Å². The summed E-state index contributed by atoms with van der Waals surface area (Å²) in [6, 6.07) is 4.14. The van der Waals surface area contributed by atoms with Crippen LogP contribution in [-0.2, 0) is 11.3 Å². The summed E-state index contributed by atoms with van der Waals surface area (Å²) in [7, 11) is 0. The number of carbonyl (C=O) groups excluding carboxylic acids is 1. The lowest BCUT2D eigenvalue weighted by Gasteiger charge is -2.04. The maximum absolute atomic E-state index is 13.1. The molecular weight excluding hydrogens is 267 g/mol. The van der Waals surface area contributed by atoms with Gasteiger partial charge in [-0.25, -0.2) is 9.07 Å². The zero-order chi connectivity index (χ0) is 14.7. The van der Waals surface area contributed by atoms with Crippen LogP contribution in [0.4, 0.5) is 10.1 Å². The van der Waals surface area contributed by atoms with Crippen LogP contribution in [0.1, 0.15) is 16.1 Å². The molecule has 1 aromatic heterocycles. The predicted octanol–water partition coefficient (Wildman–Crippen LogP) is 1.06. The Kier molecular flexibility index (Phi) is 3.74. The molecule has 0 atom stereocenters. The molecule has 8 heteroatoms. The second-order valence-corrected chi connectivity index (χ2v) is 4.11. The molecule has 7 nitrogen and oxygen atoms in total. The van der Waals surface area contributed by atoms with Crippen molar-refractivity contribution in [2.45, 2.75) is 13.5 Å². The van der Waals surface area contributed by atoms with Crippen LogP contribution in [0.5, 0.6) is 0 Å². The van der Waals surface area contributed by atoms with Crippen molar-refractivity contribution in [1.82, 2.24) is 15.0 Å². The van der Waals surface area contributed by atoms with Gasteiger partial charge in [0.25, 0.3) is 5.91 Å². The standard InChI is InChI=1S/C12H11FN4O3/c1-7-4-8(2-3-9(7)13)14-12(20)10-5-17(16-15-10)6-11(18)19/h2-5H,6H2,1H3,(H,14,20)(H,18,19). The van der Waals surface area contributed by atoms with E-state index in [2.05, 4.69) is 15.6 Å². The summed E-state index contributed by atoms with van der Waals surface area (Å²) in [4.78, 5) is 22.3. The molecule has 2 aromatic rings. The lowest BCUT2D eigenvalue weighted by Crippen LogP contribution is -2.13. The first-order valence-corrected chi connectivity index (χ1v) is 5.65. The Balaban J connectivity index is 2.09. The van der Waals surface area contributed by atoms with Gasteiger partial charge >= 0.3 is 5.97 Å². The number of anilines is 1. The number of rotatable bonds is 4. The van der Waals surface area contributed by atoms with Crippen LogP contribution in [0.25, 0.3) is 0 Å². The molecule has 2 N–H and O–H groups in total. The van der Waals surface area contributed by atoms with Gasteiger partial charge < -0.3 is 10.4 Å². The minimum absolute atomic E-state index is 0.0202. The van der Waals surface area contributed by atoms with Gasteiger partial charge in [0, 0.05) is 5.69 Å². The van der Waals surface area contributed by atoms with Gasteiger partial charge in [0.15, 0.2) is 5.69 Å². The van der Waals surface area contributed by atoms with Gasteiger partial charge in [0.2, 0.25) is 0 Å². The molecule has 0 saturated heterocycles. The summed E-state index contributed by atoms with van der Waals surface area (Å²) in [6.45, 7) is 1.20. The van der Waals surface area contributed by atoms with Gasteiger partial charge in [-0.2, -0.15) is 0 Å². The number of nitrogens with one attached hydrogen (secondary N) is 1. The first-order chi connectivity index (χ1) is 9.45. The molecule has 2 rings (SSSR count). The second-order valence-electron chi connectivity index (χ2n) is 4.11. The number of benzene rings is 1. The maximum Gasteiger partial charge on any atom is 0.325 e. The Hall–Kier alpha value is -2.77. The fourth-order valence-electron chi connectivity index (χ4n) is 1.54. The number of hydrogen-bond donors (Lipinski definition) is 2. The number of carboxylic acids is 1. The number of amides is 1. The van der Waals surface area contributed by atoms with Crippen LogP contribution in [0.3, 0.4) is 0 Å². The van der Waals surface area contributed by atoms with Gasteiger partial charge in [-0.05, 0) is 30.7 Å². The van der Waals surface area contributed by atoms with Crippen LogP contribution >= 0.6 is 0 Å². The molecule has 1 aromatic carbocycles. The third kappa shape index (κ3) is 3.16. The molecule has 0 saturated carbocycles. The van der Waals surface area contributed by atoms with Crippen molar-refractivity contribution in [3.8, 4) is 0 Å². The van der Waals surface area contributed by atoms with E-state index in [1.54, 1.807) is 6.92 Å². The van der Waals surface area contributed by atoms with Gasteiger partial charge in [0.05, 0.1) is 6.20 Å². The zero-order valence-corrected chi connectivity index (χ0v) is 10.5. The van der Waals surface area contributed by atoms with Crippen LogP contribution in [0.2, 0.25) is 0 Å². The van der Waals surface area contributed by atoms with E-state index in [1.165, 1.54) is 24.4 Å². The topological polar surface area (TPSA) is 97.1 Å². The summed E-state index contributed by atoms with van der Waals surface area (Å²) in [6.07, 6.45) is 1.22. The van der Waals surface area contributed by atoms with Gasteiger partial charge in [-0.15, -0.1) is 5.10 Å². The van der Waals surface area contributed by atoms with Gasteiger partial charge in [0.1, 0.15) is 12.4 Å². The Labute approximate surface area is 113 Å². The normalized spacial score (nSPS) is 10.3. The number of aliphatic carboxylic acids is 1. The first kappa shape index (κ1) is 13.7. The Morgan fingerprint density at radius 1 is 1.45 bits per heavy atom. The molecule has 0 spiro atoms. The Bertz CT molecular complexity index is 668. The average Bonchev–Trinajstić information content (AvgIpc) is 2.81. The second kappa shape index (κ2) is 5.47. The van der Waals surface area contributed by atoms with E-state index in [9.17, 15) is 14.0 Å². The van der Waals surface area contributed by atoms with Crippen molar-refractivity contribution in [1.29, 1.82) is 0 Å². The molecule has 0 aliphatic rings. The maximum atomic E-state index is 13.1. The van der Waals surface area contributed by atoms with Crippen molar-refractivity contribution in [3.63, 3.8) is 0 Å². The smallest absolute Gasteiger partial charge is 0.325 e. The molecule has 104 valence electrons. The Morgan fingerprint density at radius 2 is 2.20 bits per heavy atom. The minimum atomic E-state index is -1.09. The number of nitrogens with zero attached hydrogens (tertiary/aromatic N) is 3. The summed E-state index contributed by atoms with van der Waals surface area (Å²) in [5.74, 6) is -2.00. The molecular formula is C12H11FN4O3. The van der Waals surface area contributed by atoms with Crippen molar-refractivity contribution in [2.75, 3.05) is 5.32 Å².